The van der Waals surface area contributed by atoms with E-state index < -0.39 is 10.1 Å². The zero-order valence-corrected chi connectivity index (χ0v) is 10.6. The lowest BCUT2D eigenvalue weighted by molar-refractivity contribution is 0.315. The Morgan fingerprint density at radius 3 is 2.56 bits per heavy atom. The standard InChI is InChI=1S/C12H13NO4S/c1-2-16-11-8-7-9-5-3-4-6-10(9)12(11)18(14,15)17-13/h3-8H,2,13H2,1H3. The second-order valence-electron chi connectivity index (χ2n) is 3.60. The summed E-state index contributed by atoms with van der Waals surface area (Å²) in [4.78, 5) is -0.0371. The molecule has 0 amide bonds. The third kappa shape index (κ3) is 2.17. The summed E-state index contributed by atoms with van der Waals surface area (Å²) in [6.07, 6.45) is 0. The Labute approximate surface area is 105 Å². The highest BCUT2D eigenvalue weighted by molar-refractivity contribution is 7.87. The van der Waals surface area contributed by atoms with Crippen molar-refractivity contribution in [2.24, 2.45) is 5.90 Å². The summed E-state index contributed by atoms with van der Waals surface area (Å²) in [6.45, 7) is 2.13. The maximum atomic E-state index is 11.9. The van der Waals surface area contributed by atoms with Crippen molar-refractivity contribution in [3.63, 3.8) is 0 Å². The van der Waals surface area contributed by atoms with Crippen LogP contribution < -0.4 is 10.6 Å². The van der Waals surface area contributed by atoms with Crippen LogP contribution in [0, 0.1) is 0 Å². The van der Waals surface area contributed by atoms with Gasteiger partial charge in [-0.25, -0.2) is 0 Å². The van der Waals surface area contributed by atoms with Crippen LogP contribution in [0.25, 0.3) is 10.8 Å². The van der Waals surface area contributed by atoms with Crippen LogP contribution in [0.4, 0.5) is 0 Å². The molecule has 0 saturated heterocycles. The Morgan fingerprint density at radius 1 is 1.17 bits per heavy atom. The SMILES string of the molecule is CCOc1ccc2ccccc2c1S(=O)(=O)ON. The molecule has 6 heteroatoms. The maximum absolute atomic E-state index is 11.9. The first-order chi connectivity index (χ1) is 8.60. The minimum absolute atomic E-state index is 0.0371. The quantitative estimate of drug-likeness (QED) is 0.855. The Morgan fingerprint density at radius 2 is 1.89 bits per heavy atom. The smallest absolute Gasteiger partial charge is 0.317 e. The van der Waals surface area contributed by atoms with Crippen LogP contribution in [-0.2, 0) is 14.4 Å². The van der Waals surface area contributed by atoms with Gasteiger partial charge in [-0.3, -0.25) is 0 Å². The fourth-order valence-corrected chi connectivity index (χ4v) is 2.72. The van der Waals surface area contributed by atoms with Crippen LogP contribution in [0.15, 0.2) is 41.3 Å². The van der Waals surface area contributed by atoms with E-state index in [0.717, 1.165) is 5.39 Å². The van der Waals surface area contributed by atoms with Crippen LogP contribution in [0.3, 0.4) is 0 Å². The first kappa shape index (κ1) is 12.8. The van der Waals surface area contributed by atoms with Crippen molar-refractivity contribution in [1.82, 2.24) is 0 Å². The zero-order chi connectivity index (χ0) is 13.2. The van der Waals surface area contributed by atoms with Gasteiger partial charge in [-0.1, -0.05) is 30.3 Å². The molecule has 0 radical (unpaired) electrons. The van der Waals surface area contributed by atoms with Crippen LogP contribution >= 0.6 is 0 Å². The van der Waals surface area contributed by atoms with Crippen LogP contribution in [0.1, 0.15) is 6.92 Å². The monoisotopic (exact) mass is 267 g/mol. The molecule has 2 aromatic rings. The molecule has 0 aliphatic rings. The molecule has 0 bridgehead atoms. The molecule has 96 valence electrons. The largest absolute Gasteiger partial charge is 0.492 e. The molecule has 0 unspecified atom stereocenters. The van der Waals surface area contributed by atoms with Crippen LogP contribution in [0.5, 0.6) is 5.75 Å². The average molecular weight is 267 g/mol. The molecular weight excluding hydrogens is 254 g/mol. The summed E-state index contributed by atoms with van der Waals surface area (Å²) in [6, 6.07) is 10.4. The van der Waals surface area contributed by atoms with Gasteiger partial charge in [-0.15, -0.1) is 0 Å². The normalized spacial score (nSPS) is 11.7. The van der Waals surface area contributed by atoms with Crippen molar-refractivity contribution < 1.29 is 17.4 Å². The summed E-state index contributed by atoms with van der Waals surface area (Å²) < 4.78 is 33.2. The number of hydrogen-bond donors (Lipinski definition) is 1. The molecule has 2 aromatic carbocycles. The van der Waals surface area contributed by atoms with Gasteiger partial charge in [-0.05, 0) is 18.4 Å². The topological polar surface area (TPSA) is 78.6 Å². The Hall–Kier alpha value is -1.63. The van der Waals surface area contributed by atoms with E-state index in [1.54, 1.807) is 37.3 Å². The Bertz CT molecular complexity index is 667. The third-order valence-corrected chi connectivity index (χ3v) is 3.69. The van der Waals surface area contributed by atoms with Gasteiger partial charge in [0.25, 0.3) is 0 Å². The van der Waals surface area contributed by atoms with Gasteiger partial charge in [-0.2, -0.15) is 18.6 Å². The lowest BCUT2D eigenvalue weighted by atomic mass is 10.1. The lowest BCUT2D eigenvalue weighted by Crippen LogP contribution is -2.13. The number of fused-ring (bicyclic) bond motifs is 1. The first-order valence-electron chi connectivity index (χ1n) is 5.38. The highest BCUT2D eigenvalue weighted by atomic mass is 32.2. The molecule has 0 aliphatic heterocycles. The minimum Gasteiger partial charge on any atom is -0.492 e. The Balaban J connectivity index is 2.83. The first-order valence-corrected chi connectivity index (χ1v) is 6.79. The molecule has 0 atom stereocenters. The van der Waals surface area contributed by atoms with E-state index in [2.05, 4.69) is 4.28 Å². The fourth-order valence-electron chi connectivity index (χ4n) is 1.80. The van der Waals surface area contributed by atoms with Crippen molar-refractivity contribution in [2.75, 3.05) is 6.61 Å². The average Bonchev–Trinajstić information content (AvgIpc) is 2.38. The molecular formula is C12H13NO4S. The van der Waals surface area contributed by atoms with Gasteiger partial charge in [0.05, 0.1) is 6.61 Å². The predicted molar refractivity (Wildman–Crippen MR) is 67.6 cm³/mol. The van der Waals surface area contributed by atoms with E-state index in [4.69, 9.17) is 10.6 Å². The van der Waals surface area contributed by atoms with Crippen molar-refractivity contribution in [3.05, 3.63) is 36.4 Å². The number of rotatable bonds is 4. The van der Waals surface area contributed by atoms with E-state index >= 15 is 0 Å². The maximum Gasteiger partial charge on any atom is 0.317 e. The zero-order valence-electron chi connectivity index (χ0n) is 9.79. The van der Waals surface area contributed by atoms with Gasteiger partial charge in [0.15, 0.2) is 0 Å². The highest BCUT2D eigenvalue weighted by Gasteiger charge is 2.23. The lowest BCUT2D eigenvalue weighted by Gasteiger charge is -2.12. The summed E-state index contributed by atoms with van der Waals surface area (Å²) in [5.74, 6) is 5.09. The molecule has 0 saturated carbocycles. The molecule has 0 fully saturated rings. The molecule has 0 heterocycles. The number of nitrogens with two attached hydrogens (primary N) is 1. The number of ether oxygens (including phenoxy) is 1. The Kier molecular flexibility index (Phi) is 3.51. The number of hydrogen-bond acceptors (Lipinski definition) is 5. The fraction of sp³-hybridized carbons (Fsp3) is 0.167. The van der Waals surface area contributed by atoms with E-state index in [1.807, 2.05) is 6.07 Å². The van der Waals surface area contributed by atoms with Gasteiger partial charge in [0.2, 0.25) is 0 Å². The van der Waals surface area contributed by atoms with Gasteiger partial charge in [0.1, 0.15) is 10.6 Å². The van der Waals surface area contributed by atoms with E-state index in [0.29, 0.717) is 12.0 Å². The highest BCUT2D eigenvalue weighted by Crippen LogP contribution is 2.32. The molecule has 18 heavy (non-hydrogen) atoms. The van der Waals surface area contributed by atoms with E-state index in [1.165, 1.54) is 0 Å². The van der Waals surface area contributed by atoms with E-state index in [9.17, 15) is 8.42 Å². The van der Waals surface area contributed by atoms with Gasteiger partial charge >= 0.3 is 10.1 Å². The molecule has 0 aliphatic carbocycles. The molecule has 2 rings (SSSR count). The predicted octanol–water partition coefficient (Wildman–Crippen LogP) is 1.82. The minimum atomic E-state index is -4.02. The van der Waals surface area contributed by atoms with Gasteiger partial charge < -0.3 is 4.74 Å². The summed E-state index contributed by atoms with van der Waals surface area (Å²) in [5, 5.41) is 1.30. The second kappa shape index (κ2) is 4.93. The third-order valence-electron chi connectivity index (χ3n) is 2.52. The van der Waals surface area contributed by atoms with Crippen molar-refractivity contribution >= 4 is 20.9 Å². The van der Waals surface area contributed by atoms with E-state index in [-0.39, 0.29) is 10.6 Å². The van der Waals surface area contributed by atoms with Gasteiger partial charge in [0, 0.05) is 5.39 Å². The number of benzene rings is 2. The van der Waals surface area contributed by atoms with Crippen molar-refractivity contribution in [2.45, 2.75) is 11.8 Å². The second-order valence-corrected chi connectivity index (χ2v) is 5.11. The molecule has 0 aromatic heterocycles. The van der Waals surface area contributed by atoms with Crippen LogP contribution in [0.2, 0.25) is 0 Å². The van der Waals surface area contributed by atoms with Crippen molar-refractivity contribution in [1.29, 1.82) is 0 Å². The summed E-state index contributed by atoms with van der Waals surface area (Å²) >= 11 is 0. The van der Waals surface area contributed by atoms with Crippen molar-refractivity contribution in [3.8, 4) is 5.75 Å². The van der Waals surface area contributed by atoms with Crippen LogP contribution in [-0.4, -0.2) is 15.0 Å². The summed E-state index contributed by atoms with van der Waals surface area (Å²) in [5.41, 5.74) is 0. The summed E-state index contributed by atoms with van der Waals surface area (Å²) in [7, 11) is -4.02. The molecule has 5 nitrogen and oxygen atoms in total. The molecule has 0 spiro atoms. The molecule has 2 N–H and O–H groups in total.